The molecule has 1 N–H and O–H groups in total. The maximum absolute atomic E-state index is 10.6. The molecule has 0 saturated carbocycles. The first kappa shape index (κ1) is 11.1. The minimum absolute atomic E-state index is 0.260. The van der Waals surface area contributed by atoms with Gasteiger partial charge in [-0.2, -0.15) is 8.42 Å². The maximum Gasteiger partial charge on any atom is 0.299 e. The Labute approximate surface area is 93.4 Å². The lowest BCUT2D eigenvalue weighted by Gasteiger charge is -1.99. The molecule has 0 spiro atoms. The van der Waals surface area contributed by atoms with Gasteiger partial charge in [0, 0.05) is 0 Å². The van der Waals surface area contributed by atoms with E-state index in [-0.39, 0.29) is 5.15 Å². The van der Waals surface area contributed by atoms with Crippen molar-refractivity contribution in [3.05, 3.63) is 17.2 Å². The topological polar surface area (TPSA) is 80.2 Å². The van der Waals surface area contributed by atoms with Gasteiger partial charge in [0.15, 0.2) is 5.15 Å². The van der Waals surface area contributed by atoms with Crippen LogP contribution in [0.1, 0.15) is 5.82 Å². The standard InChI is InChI=1S/C5H4ClIN2O3S/c6-5-3(13(10,11)12)2-8-4(1-7)9-5/h2H,1H2,(H,10,11,12). The first-order valence-corrected chi connectivity index (χ1v) is 6.34. The lowest BCUT2D eigenvalue weighted by Crippen LogP contribution is -2.03. The molecule has 8 heteroatoms. The molecule has 0 atom stereocenters. The molecule has 1 aromatic heterocycles. The molecule has 0 saturated heterocycles. The normalized spacial score (nSPS) is 11.6. The SMILES string of the molecule is O=S(=O)(O)c1cnc(CI)nc1Cl. The molecule has 1 heterocycles. The summed E-state index contributed by atoms with van der Waals surface area (Å²) < 4.78 is 30.4. The number of nitrogens with zero attached hydrogens (tertiary/aromatic N) is 2. The predicted molar refractivity (Wildman–Crippen MR) is 54.6 cm³/mol. The van der Waals surface area contributed by atoms with E-state index in [2.05, 4.69) is 9.97 Å². The summed E-state index contributed by atoms with van der Waals surface area (Å²) in [6.45, 7) is 0. The summed E-state index contributed by atoms with van der Waals surface area (Å²) in [6, 6.07) is 0. The summed E-state index contributed by atoms with van der Waals surface area (Å²) >= 11 is 7.51. The van der Waals surface area contributed by atoms with Crippen molar-refractivity contribution >= 4 is 44.3 Å². The summed E-state index contributed by atoms with van der Waals surface area (Å²) in [5.41, 5.74) is 0. The van der Waals surface area contributed by atoms with Crippen molar-refractivity contribution in [2.24, 2.45) is 0 Å². The molecule has 0 fully saturated rings. The third-order valence-corrected chi connectivity index (χ3v) is 3.10. The average molecular weight is 335 g/mol. The van der Waals surface area contributed by atoms with Gasteiger partial charge in [-0.15, -0.1) is 0 Å². The lowest BCUT2D eigenvalue weighted by molar-refractivity contribution is 0.482. The third-order valence-electron chi connectivity index (χ3n) is 1.16. The zero-order valence-corrected chi connectivity index (χ0v) is 9.84. The zero-order valence-electron chi connectivity index (χ0n) is 6.11. The summed E-state index contributed by atoms with van der Waals surface area (Å²) in [4.78, 5) is 6.88. The van der Waals surface area contributed by atoms with Gasteiger partial charge in [0.05, 0.1) is 10.6 Å². The quantitative estimate of drug-likeness (QED) is 0.382. The van der Waals surface area contributed by atoms with Crippen LogP contribution < -0.4 is 0 Å². The van der Waals surface area contributed by atoms with Crippen molar-refractivity contribution in [3.8, 4) is 0 Å². The minimum atomic E-state index is -4.32. The lowest BCUT2D eigenvalue weighted by atomic mass is 10.6. The van der Waals surface area contributed by atoms with Gasteiger partial charge in [0.25, 0.3) is 10.1 Å². The van der Waals surface area contributed by atoms with E-state index in [1.807, 2.05) is 22.6 Å². The monoisotopic (exact) mass is 334 g/mol. The van der Waals surface area contributed by atoms with Gasteiger partial charge in [-0.25, -0.2) is 9.97 Å². The molecule has 1 aromatic rings. The van der Waals surface area contributed by atoms with Crippen LogP contribution in [-0.2, 0) is 14.5 Å². The van der Waals surface area contributed by atoms with Gasteiger partial charge in [0.2, 0.25) is 0 Å². The summed E-state index contributed by atoms with van der Waals surface area (Å²) in [5.74, 6) is 0.415. The first-order chi connectivity index (χ1) is 5.95. The van der Waals surface area contributed by atoms with Crippen LogP contribution >= 0.6 is 34.2 Å². The Morgan fingerprint density at radius 1 is 1.62 bits per heavy atom. The Morgan fingerprint density at radius 3 is 2.62 bits per heavy atom. The molecule has 1 rings (SSSR count). The van der Waals surface area contributed by atoms with Crippen molar-refractivity contribution < 1.29 is 13.0 Å². The van der Waals surface area contributed by atoms with Gasteiger partial charge in [0.1, 0.15) is 10.7 Å². The van der Waals surface area contributed by atoms with E-state index < -0.39 is 15.0 Å². The van der Waals surface area contributed by atoms with Gasteiger partial charge < -0.3 is 0 Å². The Morgan fingerprint density at radius 2 is 2.23 bits per heavy atom. The van der Waals surface area contributed by atoms with Crippen LogP contribution in [0, 0.1) is 0 Å². The molecule has 0 radical (unpaired) electrons. The number of alkyl halides is 1. The smallest absolute Gasteiger partial charge is 0.282 e. The third kappa shape index (κ3) is 2.73. The highest BCUT2D eigenvalue weighted by atomic mass is 127. The van der Waals surface area contributed by atoms with E-state index in [0.29, 0.717) is 10.3 Å². The molecule has 0 bridgehead atoms. The van der Waals surface area contributed by atoms with Crippen LogP contribution in [0.2, 0.25) is 5.15 Å². The molecule has 0 amide bonds. The highest BCUT2D eigenvalue weighted by Crippen LogP contribution is 2.17. The van der Waals surface area contributed by atoms with Crippen LogP contribution in [-0.4, -0.2) is 22.9 Å². The van der Waals surface area contributed by atoms with Crippen molar-refractivity contribution in [2.75, 3.05) is 0 Å². The van der Waals surface area contributed by atoms with E-state index in [1.54, 1.807) is 0 Å². The molecule has 0 aliphatic heterocycles. The molecule has 0 aromatic carbocycles. The molecule has 0 unspecified atom stereocenters. The Bertz CT molecular complexity index is 422. The summed E-state index contributed by atoms with van der Waals surface area (Å²) in [5, 5.41) is -0.260. The van der Waals surface area contributed by atoms with E-state index in [4.69, 9.17) is 16.2 Å². The van der Waals surface area contributed by atoms with E-state index in [0.717, 1.165) is 6.20 Å². The predicted octanol–water partition coefficient (Wildman–Crippen LogP) is 1.31. The number of aromatic nitrogens is 2. The van der Waals surface area contributed by atoms with Gasteiger partial charge in [-0.1, -0.05) is 34.2 Å². The molecule has 13 heavy (non-hydrogen) atoms. The van der Waals surface area contributed by atoms with Gasteiger partial charge >= 0.3 is 0 Å². The highest BCUT2D eigenvalue weighted by Gasteiger charge is 2.16. The number of rotatable bonds is 2. The molecule has 72 valence electrons. The largest absolute Gasteiger partial charge is 0.299 e. The van der Waals surface area contributed by atoms with E-state index >= 15 is 0 Å². The van der Waals surface area contributed by atoms with Gasteiger partial charge in [-0.3, -0.25) is 4.55 Å². The van der Waals surface area contributed by atoms with Crippen molar-refractivity contribution in [1.82, 2.24) is 9.97 Å². The van der Waals surface area contributed by atoms with Crippen LogP contribution in [0.3, 0.4) is 0 Å². The first-order valence-electron chi connectivity index (χ1n) is 3.00. The fraction of sp³-hybridized carbons (Fsp3) is 0.200. The van der Waals surface area contributed by atoms with E-state index in [9.17, 15) is 8.42 Å². The van der Waals surface area contributed by atoms with Crippen molar-refractivity contribution in [3.63, 3.8) is 0 Å². The van der Waals surface area contributed by atoms with Crippen LogP contribution in [0.15, 0.2) is 11.1 Å². The second kappa shape index (κ2) is 4.03. The van der Waals surface area contributed by atoms with Gasteiger partial charge in [-0.05, 0) is 0 Å². The maximum atomic E-state index is 10.6. The second-order valence-electron chi connectivity index (χ2n) is 2.05. The van der Waals surface area contributed by atoms with E-state index in [1.165, 1.54) is 0 Å². The number of halogens is 2. The average Bonchev–Trinajstić information content (AvgIpc) is 2.01. The molecule has 0 aliphatic rings. The number of hydrogen-bond donors (Lipinski definition) is 1. The Balaban J connectivity index is 3.29. The van der Waals surface area contributed by atoms with Crippen LogP contribution in [0.4, 0.5) is 0 Å². The minimum Gasteiger partial charge on any atom is -0.282 e. The van der Waals surface area contributed by atoms with Crippen molar-refractivity contribution in [1.29, 1.82) is 0 Å². The highest BCUT2D eigenvalue weighted by molar-refractivity contribution is 14.1. The molecular formula is C5H4ClIN2O3S. The fourth-order valence-corrected chi connectivity index (χ4v) is 1.87. The van der Waals surface area contributed by atoms with Crippen LogP contribution in [0.25, 0.3) is 0 Å². The number of hydrogen-bond acceptors (Lipinski definition) is 4. The Kier molecular flexibility index (Phi) is 3.44. The zero-order chi connectivity index (χ0) is 10.1. The summed E-state index contributed by atoms with van der Waals surface area (Å²) in [7, 11) is -4.32. The van der Waals surface area contributed by atoms with Crippen LogP contribution in [0.5, 0.6) is 0 Å². The second-order valence-corrected chi connectivity index (χ2v) is 4.56. The molecular weight excluding hydrogens is 330 g/mol. The molecule has 0 aliphatic carbocycles. The fourth-order valence-electron chi connectivity index (χ4n) is 0.621. The summed E-state index contributed by atoms with van der Waals surface area (Å²) in [6.07, 6.45) is 0.985. The molecule has 5 nitrogen and oxygen atoms in total. The Hall–Kier alpha value is 0.01000. The van der Waals surface area contributed by atoms with Crippen molar-refractivity contribution in [2.45, 2.75) is 9.32 Å².